The van der Waals surface area contributed by atoms with Crippen molar-refractivity contribution in [2.45, 2.75) is 6.04 Å². The third-order valence-electron chi connectivity index (χ3n) is 5.57. The molecule has 6 heteroatoms. The first-order valence-electron chi connectivity index (χ1n) is 10.4. The van der Waals surface area contributed by atoms with Crippen LogP contribution in [-0.4, -0.2) is 48.4 Å². The lowest BCUT2D eigenvalue weighted by atomic mass is 9.96. The van der Waals surface area contributed by atoms with E-state index in [2.05, 4.69) is 63.6 Å². The molecule has 31 heavy (non-hydrogen) atoms. The smallest absolute Gasteiger partial charge is 0.238 e. The molecular weight excluding hydrogens is 429 g/mol. The third-order valence-corrected chi connectivity index (χ3v) is 6.14. The van der Waals surface area contributed by atoms with Gasteiger partial charge in [-0.25, -0.2) is 0 Å². The summed E-state index contributed by atoms with van der Waals surface area (Å²) in [5.41, 5.74) is 3.12. The first kappa shape index (κ1) is 21.8. The molecule has 160 valence electrons. The van der Waals surface area contributed by atoms with Gasteiger partial charge in [-0.05, 0) is 29.3 Å². The summed E-state index contributed by atoms with van der Waals surface area (Å²) in [6, 6.07) is 26.5. The largest absolute Gasteiger partial charge is 0.324 e. The Bertz CT molecular complexity index is 966. The van der Waals surface area contributed by atoms with Crippen molar-refractivity contribution in [1.82, 2.24) is 9.80 Å². The second-order valence-electron chi connectivity index (χ2n) is 7.71. The highest BCUT2D eigenvalue weighted by Crippen LogP contribution is 2.29. The van der Waals surface area contributed by atoms with Gasteiger partial charge in [-0.15, -0.1) is 0 Å². The maximum absolute atomic E-state index is 12.5. The quantitative estimate of drug-likeness (QED) is 0.546. The number of amides is 1. The van der Waals surface area contributed by atoms with Crippen LogP contribution in [0.2, 0.25) is 10.0 Å². The van der Waals surface area contributed by atoms with E-state index in [0.717, 1.165) is 26.2 Å². The van der Waals surface area contributed by atoms with Crippen LogP contribution >= 0.6 is 23.2 Å². The van der Waals surface area contributed by atoms with Crippen molar-refractivity contribution in [2.24, 2.45) is 0 Å². The van der Waals surface area contributed by atoms with Crippen molar-refractivity contribution < 1.29 is 4.79 Å². The molecule has 1 amide bonds. The Morgan fingerprint density at radius 2 is 1.42 bits per heavy atom. The minimum Gasteiger partial charge on any atom is -0.324 e. The molecule has 1 aliphatic heterocycles. The maximum atomic E-state index is 12.5. The summed E-state index contributed by atoms with van der Waals surface area (Å²) in [6.07, 6.45) is 0. The van der Waals surface area contributed by atoms with Crippen molar-refractivity contribution in [3.63, 3.8) is 0 Å². The van der Waals surface area contributed by atoms with Crippen molar-refractivity contribution in [2.75, 3.05) is 38.0 Å². The molecule has 4 rings (SSSR count). The average molecular weight is 454 g/mol. The van der Waals surface area contributed by atoms with E-state index in [4.69, 9.17) is 23.2 Å². The van der Waals surface area contributed by atoms with Gasteiger partial charge >= 0.3 is 0 Å². The van der Waals surface area contributed by atoms with E-state index < -0.39 is 0 Å². The molecule has 0 spiro atoms. The lowest BCUT2D eigenvalue weighted by Gasteiger charge is -2.39. The van der Waals surface area contributed by atoms with Gasteiger partial charge in [-0.1, -0.05) is 83.9 Å². The van der Waals surface area contributed by atoms with Gasteiger partial charge in [-0.2, -0.15) is 0 Å². The van der Waals surface area contributed by atoms with Gasteiger partial charge in [0.2, 0.25) is 5.91 Å². The van der Waals surface area contributed by atoms with Gasteiger partial charge in [0.05, 0.1) is 23.3 Å². The van der Waals surface area contributed by atoms with Crippen LogP contribution < -0.4 is 5.32 Å². The predicted octanol–water partition coefficient (Wildman–Crippen LogP) is 5.34. The fourth-order valence-corrected chi connectivity index (χ4v) is 4.39. The van der Waals surface area contributed by atoms with Crippen LogP contribution in [0.15, 0.2) is 78.9 Å². The van der Waals surface area contributed by atoms with E-state index in [9.17, 15) is 4.79 Å². The Hall–Kier alpha value is -2.37. The number of carbonyl (C=O) groups is 1. The molecule has 0 unspecified atom stereocenters. The van der Waals surface area contributed by atoms with Crippen LogP contribution in [0.25, 0.3) is 0 Å². The number of anilines is 1. The van der Waals surface area contributed by atoms with Gasteiger partial charge < -0.3 is 5.32 Å². The highest BCUT2D eigenvalue weighted by molar-refractivity contribution is 6.35. The maximum Gasteiger partial charge on any atom is 0.238 e. The number of hydrogen-bond acceptors (Lipinski definition) is 3. The van der Waals surface area contributed by atoms with Gasteiger partial charge in [0.15, 0.2) is 0 Å². The number of carbonyl (C=O) groups excluding carboxylic acids is 1. The first-order valence-corrected chi connectivity index (χ1v) is 11.2. The van der Waals surface area contributed by atoms with Crippen LogP contribution in [0.1, 0.15) is 17.2 Å². The van der Waals surface area contributed by atoms with E-state index in [0.29, 0.717) is 22.3 Å². The van der Waals surface area contributed by atoms with E-state index in [1.807, 2.05) is 12.1 Å². The van der Waals surface area contributed by atoms with E-state index in [1.54, 1.807) is 18.2 Å². The topological polar surface area (TPSA) is 35.6 Å². The van der Waals surface area contributed by atoms with Crippen molar-refractivity contribution in [3.05, 3.63) is 100 Å². The lowest BCUT2D eigenvalue weighted by molar-refractivity contribution is -0.117. The fraction of sp³-hybridized carbons (Fsp3) is 0.240. The predicted molar refractivity (Wildman–Crippen MR) is 128 cm³/mol. The van der Waals surface area contributed by atoms with Crippen LogP contribution in [0.4, 0.5) is 5.69 Å². The monoisotopic (exact) mass is 453 g/mol. The van der Waals surface area contributed by atoms with Crippen LogP contribution in [0, 0.1) is 0 Å². The molecule has 1 fully saturated rings. The number of halogens is 2. The zero-order chi connectivity index (χ0) is 21.6. The van der Waals surface area contributed by atoms with E-state index in [-0.39, 0.29) is 11.9 Å². The Labute approximate surface area is 193 Å². The highest BCUT2D eigenvalue weighted by Gasteiger charge is 2.27. The van der Waals surface area contributed by atoms with E-state index >= 15 is 0 Å². The lowest BCUT2D eigenvalue weighted by Crippen LogP contribution is -2.49. The third kappa shape index (κ3) is 5.66. The van der Waals surface area contributed by atoms with Crippen molar-refractivity contribution >= 4 is 34.8 Å². The van der Waals surface area contributed by atoms with Crippen molar-refractivity contribution in [1.29, 1.82) is 0 Å². The zero-order valence-electron chi connectivity index (χ0n) is 17.2. The SMILES string of the molecule is O=C(CN1CCN(C(c2ccccc2)c2ccccc2)CC1)Nc1cc(Cl)ccc1Cl. The summed E-state index contributed by atoms with van der Waals surface area (Å²) in [4.78, 5) is 17.2. The second kappa shape index (κ2) is 10.3. The molecule has 1 heterocycles. The highest BCUT2D eigenvalue weighted by atomic mass is 35.5. The molecular formula is C25H25Cl2N3O. The molecule has 0 saturated carbocycles. The molecule has 1 N–H and O–H groups in total. The molecule has 3 aromatic carbocycles. The molecule has 1 aliphatic rings. The number of nitrogens with one attached hydrogen (secondary N) is 1. The van der Waals surface area contributed by atoms with Crippen LogP contribution in [0.3, 0.4) is 0 Å². The Morgan fingerprint density at radius 3 is 2.00 bits per heavy atom. The number of nitrogens with zero attached hydrogens (tertiary/aromatic N) is 2. The Balaban J connectivity index is 1.39. The minimum absolute atomic E-state index is 0.0831. The second-order valence-corrected chi connectivity index (χ2v) is 8.55. The van der Waals surface area contributed by atoms with Gasteiger partial charge in [0.1, 0.15) is 0 Å². The number of hydrogen-bond donors (Lipinski definition) is 1. The molecule has 0 radical (unpaired) electrons. The first-order chi connectivity index (χ1) is 15.1. The molecule has 0 bridgehead atoms. The van der Waals surface area contributed by atoms with E-state index in [1.165, 1.54) is 11.1 Å². The summed E-state index contributed by atoms with van der Waals surface area (Å²) < 4.78 is 0. The summed E-state index contributed by atoms with van der Waals surface area (Å²) in [5, 5.41) is 3.90. The Kier molecular flexibility index (Phi) is 7.25. The van der Waals surface area contributed by atoms with Gasteiger partial charge in [0.25, 0.3) is 0 Å². The van der Waals surface area contributed by atoms with Gasteiger partial charge in [-0.3, -0.25) is 14.6 Å². The normalized spacial score (nSPS) is 15.2. The summed E-state index contributed by atoms with van der Waals surface area (Å²) >= 11 is 12.2. The molecule has 0 aliphatic carbocycles. The fourth-order valence-electron chi connectivity index (χ4n) is 4.05. The molecule has 1 saturated heterocycles. The molecule has 0 aromatic heterocycles. The van der Waals surface area contributed by atoms with Crippen molar-refractivity contribution in [3.8, 4) is 0 Å². The average Bonchev–Trinajstić information content (AvgIpc) is 2.79. The van der Waals surface area contributed by atoms with Gasteiger partial charge in [0, 0.05) is 31.2 Å². The standard InChI is InChI=1S/C25H25Cl2N3O/c26-21-11-12-22(27)23(17-21)28-24(31)18-29-13-15-30(16-14-29)25(19-7-3-1-4-8-19)20-9-5-2-6-10-20/h1-12,17,25H,13-16,18H2,(H,28,31). The number of piperazine rings is 1. The molecule has 3 aromatic rings. The number of rotatable bonds is 6. The summed E-state index contributed by atoms with van der Waals surface area (Å²) in [6.45, 7) is 3.76. The summed E-state index contributed by atoms with van der Waals surface area (Å²) in [7, 11) is 0. The molecule has 4 nitrogen and oxygen atoms in total. The minimum atomic E-state index is -0.0831. The summed E-state index contributed by atoms with van der Waals surface area (Å²) in [5.74, 6) is -0.0831. The number of benzene rings is 3. The Morgan fingerprint density at radius 1 is 0.839 bits per heavy atom. The zero-order valence-corrected chi connectivity index (χ0v) is 18.7. The van der Waals surface area contributed by atoms with Crippen LogP contribution in [-0.2, 0) is 4.79 Å². The molecule has 0 atom stereocenters. The van der Waals surface area contributed by atoms with Crippen LogP contribution in [0.5, 0.6) is 0 Å².